The third kappa shape index (κ3) is 4.23. The van der Waals surface area contributed by atoms with Crippen molar-refractivity contribution in [3.63, 3.8) is 0 Å². The van der Waals surface area contributed by atoms with E-state index in [0.717, 1.165) is 0 Å². The number of fused-ring (bicyclic) bond motifs is 2. The number of halogens is 1. The number of hydrazine groups is 1. The monoisotopic (exact) mass is 595 g/mol. The van der Waals surface area contributed by atoms with Crippen LogP contribution in [0, 0.1) is 5.53 Å². The van der Waals surface area contributed by atoms with Crippen molar-refractivity contribution in [2.45, 2.75) is 0 Å². The molecule has 0 radical (unpaired) electrons. The third-order valence-electron chi connectivity index (χ3n) is 5.00. The maximum absolute atomic E-state index is 7.13. The van der Waals surface area contributed by atoms with Crippen molar-refractivity contribution in [1.82, 2.24) is 8.62 Å². The number of thiocarbonyl (C=S) groups is 1. The Balaban J connectivity index is 0.00000225. The molecule has 0 aliphatic rings. The van der Waals surface area contributed by atoms with E-state index in [0.29, 0.717) is 0 Å². The summed E-state index contributed by atoms with van der Waals surface area (Å²) in [6.45, 7) is 0. The fourth-order valence-corrected chi connectivity index (χ4v) is 17.1. The van der Waals surface area contributed by atoms with Gasteiger partial charge in [0.15, 0.2) is 0 Å². The van der Waals surface area contributed by atoms with Gasteiger partial charge in [-0.15, -0.1) is 12.4 Å². The van der Waals surface area contributed by atoms with Crippen molar-refractivity contribution in [3.05, 3.63) is 84.9 Å². The fourth-order valence-electron chi connectivity index (χ4n) is 3.79. The van der Waals surface area contributed by atoms with Crippen LogP contribution in [0.15, 0.2) is 90.0 Å². The van der Waals surface area contributed by atoms with Gasteiger partial charge < -0.3 is 0 Å². The predicted molar refractivity (Wildman–Crippen MR) is 118 cm³/mol. The minimum atomic E-state index is -3.08. The van der Waals surface area contributed by atoms with Gasteiger partial charge in [-0.25, -0.2) is 0 Å². The summed E-state index contributed by atoms with van der Waals surface area (Å²) in [6.07, 6.45) is 0. The standard InChI is InChI=1S/2C10H7.CH4N4S.ClH.Hg/c2*1-2-6-10-8-4-3-7-9(10)5-1;2-4-1(6)5-3;;/h2*1-7H;(H4,2,3,4,5,6);1H;/q;;;;+1/p-1. The molecular formula is C21H18ClHgN4S. The number of hydrogen-bond acceptors (Lipinski definition) is 3. The Labute approximate surface area is 183 Å². The van der Waals surface area contributed by atoms with Crippen LogP contribution in [0.4, 0.5) is 0 Å². The van der Waals surface area contributed by atoms with E-state index in [-0.39, 0.29) is 17.5 Å². The van der Waals surface area contributed by atoms with Crippen LogP contribution in [-0.2, 0) is 23.3 Å². The maximum atomic E-state index is 7.13. The molecule has 0 aliphatic heterocycles. The quantitative estimate of drug-likeness (QED) is 0.143. The second-order valence-electron chi connectivity index (χ2n) is 6.53. The molecule has 0 amide bonds. The molecule has 3 N–H and O–H groups in total. The average molecular weight is 595 g/mol. The molecule has 0 saturated carbocycles. The number of hydrogen-bond donors (Lipinski definition) is 3. The summed E-state index contributed by atoms with van der Waals surface area (Å²) in [7, 11) is 0. The summed E-state index contributed by atoms with van der Waals surface area (Å²) in [6, 6.07) is 29.9. The van der Waals surface area contributed by atoms with Crippen LogP contribution in [0.5, 0.6) is 0 Å². The van der Waals surface area contributed by atoms with E-state index in [1.54, 1.807) is 0 Å². The van der Waals surface area contributed by atoms with Crippen molar-refractivity contribution in [1.29, 1.82) is 5.53 Å². The van der Waals surface area contributed by atoms with Gasteiger partial charge in [0, 0.05) is 0 Å². The molecule has 0 atom stereocenters. The molecule has 28 heavy (non-hydrogen) atoms. The van der Waals surface area contributed by atoms with E-state index < -0.39 is 23.3 Å². The second-order valence-corrected chi connectivity index (χ2v) is 18.3. The van der Waals surface area contributed by atoms with Crippen LogP contribution in [0.3, 0.4) is 0 Å². The molecule has 7 heteroatoms. The molecule has 4 aromatic carbocycles. The Kier molecular flexibility index (Phi) is 7.07. The third-order valence-corrected chi connectivity index (χ3v) is 18.0. The number of nitrogens with one attached hydrogen (secondary N) is 3. The Bertz CT molecular complexity index is 1060. The summed E-state index contributed by atoms with van der Waals surface area (Å²) >= 11 is 2.00. The molecule has 0 fully saturated rings. The topological polar surface area (TPSA) is 60.3 Å². The zero-order valence-corrected chi connectivity index (χ0v) is 22.2. The molecular weight excluding hydrogens is 576 g/mol. The molecule has 0 unspecified atom stereocenters. The number of benzene rings is 4. The van der Waals surface area contributed by atoms with Gasteiger partial charge in [0.25, 0.3) is 0 Å². The van der Waals surface area contributed by atoms with Crippen molar-refractivity contribution in [2.75, 3.05) is 0 Å². The minimum absolute atomic E-state index is 0. The van der Waals surface area contributed by atoms with Gasteiger partial charge in [0.1, 0.15) is 0 Å². The van der Waals surface area contributed by atoms with Crippen LogP contribution in [0.25, 0.3) is 21.5 Å². The summed E-state index contributed by atoms with van der Waals surface area (Å²) in [5.41, 5.74) is 10.1. The van der Waals surface area contributed by atoms with Gasteiger partial charge in [-0.05, 0) is 0 Å². The van der Waals surface area contributed by atoms with Crippen LogP contribution in [-0.4, -0.2) is 5.11 Å². The van der Waals surface area contributed by atoms with Crippen LogP contribution in [0.1, 0.15) is 0 Å². The average Bonchev–Trinajstić information content (AvgIpc) is 2.74. The second kappa shape index (κ2) is 9.52. The molecule has 0 bridgehead atoms. The van der Waals surface area contributed by atoms with Crippen molar-refractivity contribution >= 4 is 57.4 Å². The van der Waals surface area contributed by atoms with Gasteiger partial charge in [-0.2, -0.15) is 0 Å². The zero-order valence-electron chi connectivity index (χ0n) is 15.1. The molecule has 0 heterocycles. The Hall–Kier alpha value is -1.92. The van der Waals surface area contributed by atoms with Gasteiger partial charge >= 0.3 is 173 Å². The first-order chi connectivity index (χ1) is 13.3. The summed E-state index contributed by atoms with van der Waals surface area (Å²) in [5.74, 6) is 0. The summed E-state index contributed by atoms with van der Waals surface area (Å²) in [5, 5.41) is 8.48. The van der Waals surface area contributed by atoms with E-state index in [9.17, 15) is 0 Å². The van der Waals surface area contributed by atoms with Crippen LogP contribution < -0.4 is 14.8 Å². The molecule has 0 spiro atoms. The van der Waals surface area contributed by atoms with E-state index in [4.69, 9.17) is 17.7 Å². The normalized spacial score (nSPS) is 10.3. The van der Waals surface area contributed by atoms with Crippen LogP contribution in [0.2, 0.25) is 0 Å². The van der Waals surface area contributed by atoms with Crippen molar-refractivity contribution < 1.29 is 23.3 Å². The van der Waals surface area contributed by atoms with E-state index in [1.807, 2.05) is 0 Å². The number of rotatable bonds is 4. The summed E-state index contributed by atoms with van der Waals surface area (Å²) in [4.78, 5) is 0. The molecule has 4 rings (SSSR count). The zero-order chi connectivity index (χ0) is 18.6. The SMILES string of the molecule is Cl.N=NC(=S)N[NH][Hg]([c]1cccc2ccccc12)[c]1cccc2ccccc12. The molecule has 4 aromatic rings. The molecule has 0 saturated heterocycles. The van der Waals surface area contributed by atoms with Gasteiger partial charge in [0.05, 0.1) is 0 Å². The molecule has 137 valence electrons. The Morgan fingerprint density at radius 1 is 0.750 bits per heavy atom. The predicted octanol–water partition coefficient (Wildman–Crippen LogP) is 4.31. The van der Waals surface area contributed by atoms with Crippen molar-refractivity contribution in [2.24, 2.45) is 5.11 Å². The molecule has 4 nitrogen and oxygen atoms in total. The fraction of sp³-hybridized carbons (Fsp3) is 0. The van der Waals surface area contributed by atoms with E-state index >= 15 is 0 Å². The van der Waals surface area contributed by atoms with Gasteiger partial charge in [-0.3, -0.25) is 0 Å². The first-order valence-electron chi connectivity index (χ1n) is 8.85. The molecule has 0 aliphatic carbocycles. The Morgan fingerprint density at radius 3 is 1.71 bits per heavy atom. The van der Waals surface area contributed by atoms with Gasteiger partial charge in [0.2, 0.25) is 0 Å². The first kappa shape index (κ1) is 20.8. The van der Waals surface area contributed by atoms with E-state index in [2.05, 4.69) is 98.7 Å². The number of nitrogens with zero attached hydrogens (tertiary/aromatic N) is 1. The van der Waals surface area contributed by atoms with Gasteiger partial charge in [-0.1, -0.05) is 0 Å². The van der Waals surface area contributed by atoms with Crippen molar-refractivity contribution in [3.8, 4) is 0 Å². The molecule has 0 aromatic heterocycles. The van der Waals surface area contributed by atoms with E-state index in [1.165, 1.54) is 27.7 Å². The summed E-state index contributed by atoms with van der Waals surface area (Å²) < 4.78 is 6.24. The van der Waals surface area contributed by atoms with Crippen LogP contribution >= 0.6 is 24.6 Å². The first-order valence-corrected chi connectivity index (χ1v) is 17.5. The Morgan fingerprint density at radius 2 is 1.21 bits per heavy atom.